The van der Waals surface area contributed by atoms with Gasteiger partial charge in [0.2, 0.25) is 0 Å². The fraction of sp³-hybridized carbons (Fsp3) is 0.200. The lowest BCUT2D eigenvalue weighted by Crippen LogP contribution is -2.19. The molecular weight excluding hydrogens is 348 g/mol. The van der Waals surface area contributed by atoms with Gasteiger partial charge in [-0.25, -0.2) is 4.98 Å². The van der Waals surface area contributed by atoms with E-state index in [0.29, 0.717) is 0 Å². The van der Waals surface area contributed by atoms with E-state index in [-0.39, 0.29) is 11.5 Å². The van der Waals surface area contributed by atoms with E-state index in [2.05, 4.69) is 46.8 Å². The summed E-state index contributed by atoms with van der Waals surface area (Å²) in [5, 5.41) is 2.06. The summed E-state index contributed by atoms with van der Waals surface area (Å²) in [6.07, 6.45) is 3.03. The summed E-state index contributed by atoms with van der Waals surface area (Å²) < 4.78 is 0.725. The lowest BCUT2D eigenvalue weighted by atomic mass is 9.83. The molecule has 4 aromatic rings. The Morgan fingerprint density at radius 1 is 1.08 bits per heavy atom. The molecule has 0 amide bonds. The Bertz CT molecular complexity index is 1110. The van der Waals surface area contributed by atoms with Crippen LogP contribution in [0.15, 0.2) is 52.6 Å². The molecule has 3 nitrogen and oxygen atoms in total. The number of fused-ring (bicyclic) bond motifs is 2. The quantitative estimate of drug-likeness (QED) is 0.545. The van der Waals surface area contributed by atoms with E-state index in [1.54, 1.807) is 11.3 Å². The highest BCUT2D eigenvalue weighted by molar-refractivity contribution is 7.25. The minimum atomic E-state index is -0.00772. The normalized spacial score (nSPS) is 16.9. The zero-order chi connectivity index (χ0) is 16.8. The van der Waals surface area contributed by atoms with Crippen LogP contribution in [0.2, 0.25) is 0 Å². The first-order valence-corrected chi connectivity index (χ1v) is 10.1. The first kappa shape index (κ1) is 15.0. The summed E-state index contributed by atoms with van der Waals surface area (Å²) in [7, 11) is 0. The Morgan fingerprint density at radius 2 is 1.96 bits per heavy atom. The van der Waals surface area contributed by atoms with Crippen molar-refractivity contribution in [1.82, 2.24) is 9.97 Å². The number of benzene rings is 1. The minimum absolute atomic E-state index is 0.00772. The topological polar surface area (TPSA) is 45.8 Å². The molecule has 25 heavy (non-hydrogen) atoms. The van der Waals surface area contributed by atoms with Gasteiger partial charge in [0.05, 0.1) is 5.52 Å². The molecule has 5 rings (SSSR count). The number of nitrogens with zero attached hydrogens (tertiary/aromatic N) is 1. The van der Waals surface area contributed by atoms with E-state index in [4.69, 9.17) is 4.98 Å². The summed E-state index contributed by atoms with van der Waals surface area (Å²) >= 11 is 3.22. The molecule has 0 spiro atoms. The molecule has 1 aliphatic carbocycles. The van der Waals surface area contributed by atoms with E-state index in [0.717, 1.165) is 40.2 Å². The third kappa shape index (κ3) is 2.64. The molecule has 1 atom stereocenters. The average molecular weight is 364 g/mol. The van der Waals surface area contributed by atoms with Crippen molar-refractivity contribution in [3.63, 3.8) is 0 Å². The molecule has 0 aliphatic heterocycles. The summed E-state index contributed by atoms with van der Waals surface area (Å²) in [6, 6.07) is 14.8. The molecule has 0 radical (unpaired) electrons. The summed E-state index contributed by atoms with van der Waals surface area (Å²) in [4.78, 5) is 22.8. The maximum Gasteiger partial charge on any atom is 0.268 e. The highest BCUT2D eigenvalue weighted by Crippen LogP contribution is 2.35. The fourth-order valence-corrected chi connectivity index (χ4v) is 5.44. The molecule has 0 saturated carbocycles. The number of hydrogen-bond donors (Lipinski definition) is 1. The van der Waals surface area contributed by atoms with Gasteiger partial charge in [-0.2, -0.15) is 0 Å². The lowest BCUT2D eigenvalue weighted by molar-refractivity contribution is 0.556. The highest BCUT2D eigenvalue weighted by atomic mass is 32.1. The van der Waals surface area contributed by atoms with Crippen molar-refractivity contribution in [3.05, 3.63) is 75.1 Å². The van der Waals surface area contributed by atoms with Crippen LogP contribution in [0.1, 0.15) is 29.3 Å². The predicted octanol–water partition coefficient (Wildman–Crippen LogP) is 4.99. The average Bonchev–Trinajstić information content (AvgIpc) is 3.30. The van der Waals surface area contributed by atoms with E-state index < -0.39 is 0 Å². The number of thiophene rings is 2. The van der Waals surface area contributed by atoms with Crippen LogP contribution < -0.4 is 5.56 Å². The third-order valence-electron chi connectivity index (χ3n) is 4.90. The second-order valence-electron chi connectivity index (χ2n) is 6.46. The van der Waals surface area contributed by atoms with Crippen molar-refractivity contribution >= 4 is 32.9 Å². The van der Waals surface area contributed by atoms with Crippen LogP contribution in [0, 0.1) is 0 Å². The molecule has 3 aromatic heterocycles. The van der Waals surface area contributed by atoms with Gasteiger partial charge >= 0.3 is 0 Å². The number of aromatic nitrogens is 2. The van der Waals surface area contributed by atoms with Crippen LogP contribution >= 0.6 is 22.7 Å². The second-order valence-corrected chi connectivity index (χ2v) is 8.46. The summed E-state index contributed by atoms with van der Waals surface area (Å²) in [5.41, 5.74) is 3.63. The minimum Gasteiger partial charge on any atom is -0.309 e. The Balaban J connectivity index is 1.55. The standard InChI is InChI=1S/C20H16N2OS2/c23-20-18-15(11-17(25-18)16-6-3-9-24-16)21-19(22-20)14-8-7-12-4-1-2-5-13(12)10-14/h1-6,9,11,14H,7-8,10H2,(H,21,22,23). The van der Waals surface area contributed by atoms with Gasteiger partial charge in [0, 0.05) is 15.7 Å². The van der Waals surface area contributed by atoms with Crippen LogP contribution in [-0.4, -0.2) is 9.97 Å². The molecule has 1 unspecified atom stereocenters. The zero-order valence-electron chi connectivity index (χ0n) is 13.5. The third-order valence-corrected chi connectivity index (χ3v) is 7.09. The molecule has 1 N–H and O–H groups in total. The Hall–Kier alpha value is -2.24. The summed E-state index contributed by atoms with van der Waals surface area (Å²) in [6.45, 7) is 0. The molecule has 0 bridgehead atoms. The van der Waals surface area contributed by atoms with E-state index in [1.807, 2.05) is 6.07 Å². The smallest absolute Gasteiger partial charge is 0.268 e. The van der Waals surface area contributed by atoms with Gasteiger partial charge in [-0.15, -0.1) is 22.7 Å². The van der Waals surface area contributed by atoms with Crippen LogP contribution in [0.3, 0.4) is 0 Å². The van der Waals surface area contributed by atoms with Gasteiger partial charge < -0.3 is 4.98 Å². The largest absolute Gasteiger partial charge is 0.309 e. The number of rotatable bonds is 2. The Kier molecular flexibility index (Phi) is 3.57. The molecular formula is C20H16N2OS2. The summed E-state index contributed by atoms with van der Waals surface area (Å²) in [5.74, 6) is 1.12. The van der Waals surface area contributed by atoms with Gasteiger partial charge in [-0.05, 0) is 47.9 Å². The number of hydrogen-bond acceptors (Lipinski definition) is 4. The highest BCUT2D eigenvalue weighted by Gasteiger charge is 2.23. The Labute approximate surface area is 153 Å². The predicted molar refractivity (Wildman–Crippen MR) is 105 cm³/mol. The van der Waals surface area contributed by atoms with Crippen LogP contribution in [0.5, 0.6) is 0 Å². The maximum absolute atomic E-state index is 12.6. The van der Waals surface area contributed by atoms with Crippen molar-refractivity contribution in [2.45, 2.75) is 25.2 Å². The zero-order valence-corrected chi connectivity index (χ0v) is 15.1. The maximum atomic E-state index is 12.6. The van der Waals surface area contributed by atoms with Crippen molar-refractivity contribution in [2.24, 2.45) is 0 Å². The number of nitrogens with one attached hydrogen (secondary N) is 1. The van der Waals surface area contributed by atoms with Gasteiger partial charge in [0.25, 0.3) is 5.56 Å². The number of aryl methyl sites for hydroxylation is 1. The van der Waals surface area contributed by atoms with Gasteiger partial charge in [0.1, 0.15) is 10.5 Å². The molecule has 5 heteroatoms. The SMILES string of the molecule is O=c1[nH]c(C2CCc3ccccc3C2)nc2cc(-c3cccs3)sc12. The van der Waals surface area contributed by atoms with Crippen molar-refractivity contribution in [2.75, 3.05) is 0 Å². The van der Waals surface area contributed by atoms with Crippen molar-refractivity contribution in [1.29, 1.82) is 0 Å². The van der Waals surface area contributed by atoms with E-state index in [9.17, 15) is 4.79 Å². The number of H-pyrrole nitrogens is 1. The van der Waals surface area contributed by atoms with Gasteiger partial charge in [-0.3, -0.25) is 4.79 Å². The fourth-order valence-electron chi connectivity index (χ4n) is 3.62. The lowest BCUT2D eigenvalue weighted by Gasteiger charge is -2.23. The molecule has 3 heterocycles. The molecule has 1 aliphatic rings. The monoisotopic (exact) mass is 364 g/mol. The van der Waals surface area contributed by atoms with Crippen molar-refractivity contribution in [3.8, 4) is 9.75 Å². The molecule has 124 valence electrons. The van der Waals surface area contributed by atoms with Crippen molar-refractivity contribution < 1.29 is 0 Å². The van der Waals surface area contributed by atoms with E-state index >= 15 is 0 Å². The first-order valence-electron chi connectivity index (χ1n) is 8.42. The second kappa shape index (κ2) is 5.93. The first-order chi connectivity index (χ1) is 12.3. The van der Waals surface area contributed by atoms with Gasteiger partial charge in [-0.1, -0.05) is 30.3 Å². The number of aromatic amines is 1. The van der Waals surface area contributed by atoms with Crippen LogP contribution in [-0.2, 0) is 12.8 Å². The van der Waals surface area contributed by atoms with Gasteiger partial charge in [0.15, 0.2) is 0 Å². The van der Waals surface area contributed by atoms with Crippen LogP contribution in [0.25, 0.3) is 20.0 Å². The molecule has 0 saturated heterocycles. The Morgan fingerprint density at radius 3 is 2.80 bits per heavy atom. The van der Waals surface area contributed by atoms with E-state index in [1.165, 1.54) is 27.3 Å². The molecule has 1 aromatic carbocycles. The molecule has 0 fully saturated rings. The van der Waals surface area contributed by atoms with Crippen LogP contribution in [0.4, 0.5) is 0 Å².